The van der Waals surface area contributed by atoms with Crippen molar-refractivity contribution in [2.24, 2.45) is 5.41 Å². The van der Waals surface area contributed by atoms with Crippen molar-refractivity contribution in [2.45, 2.75) is 113 Å². The van der Waals surface area contributed by atoms with Crippen LogP contribution in [0.15, 0.2) is 91.1 Å². The lowest BCUT2D eigenvalue weighted by Gasteiger charge is -2.56. The van der Waals surface area contributed by atoms with Crippen molar-refractivity contribution < 1.29 is 19.1 Å². The second-order valence-corrected chi connectivity index (χ2v) is 17.3. The lowest BCUT2D eigenvalue weighted by Crippen LogP contribution is -2.64. The SMILES string of the molecule is CC1(C)CCC2(CC1)N([C@H](c1ccccc1)[C@@H](O)c1ccccc1)[C@@H](C(=O)NC1CCCCC1)[C@H](c1ccnc(Cl)c1F)[C@]21C(=O)Nc2cc(Cl)ccc21. The Labute approximate surface area is 326 Å². The number of benzene rings is 3. The zero-order chi connectivity index (χ0) is 37.8. The summed E-state index contributed by atoms with van der Waals surface area (Å²) in [7, 11) is 0. The number of carbonyl (C=O) groups is 2. The van der Waals surface area contributed by atoms with E-state index in [1.54, 1.807) is 18.2 Å². The number of nitrogens with one attached hydrogen (secondary N) is 2. The molecule has 2 amide bonds. The highest BCUT2D eigenvalue weighted by molar-refractivity contribution is 6.31. The van der Waals surface area contributed by atoms with E-state index in [1.165, 1.54) is 6.20 Å². The molecule has 8 rings (SSSR count). The van der Waals surface area contributed by atoms with Gasteiger partial charge in [0.1, 0.15) is 5.41 Å². The number of hydrogen-bond donors (Lipinski definition) is 3. The van der Waals surface area contributed by atoms with Gasteiger partial charge < -0.3 is 15.7 Å². The van der Waals surface area contributed by atoms with Crippen LogP contribution in [0.3, 0.4) is 0 Å². The summed E-state index contributed by atoms with van der Waals surface area (Å²) < 4.78 is 17.0. The van der Waals surface area contributed by atoms with Crippen LogP contribution in [0.4, 0.5) is 10.1 Å². The Kier molecular flexibility index (Phi) is 9.87. The first kappa shape index (κ1) is 37.1. The molecule has 1 saturated heterocycles. The lowest BCUT2D eigenvalue weighted by atomic mass is 9.53. The molecule has 3 aromatic carbocycles. The molecular formula is C44H47Cl2FN4O3. The summed E-state index contributed by atoms with van der Waals surface area (Å²) >= 11 is 13.1. The number of amides is 2. The Morgan fingerprint density at radius 3 is 2.24 bits per heavy atom. The molecule has 4 aromatic rings. The molecule has 10 heteroatoms. The molecule has 4 aliphatic rings. The smallest absolute Gasteiger partial charge is 0.238 e. The lowest BCUT2D eigenvalue weighted by molar-refractivity contribution is -0.137. The highest BCUT2D eigenvalue weighted by Gasteiger charge is 2.77. The molecule has 0 unspecified atom stereocenters. The third-order valence-corrected chi connectivity index (χ3v) is 13.6. The average molecular weight is 770 g/mol. The van der Waals surface area contributed by atoms with Crippen LogP contribution in [0.1, 0.15) is 112 Å². The minimum Gasteiger partial charge on any atom is -0.386 e. The predicted molar refractivity (Wildman–Crippen MR) is 210 cm³/mol. The third-order valence-electron chi connectivity index (χ3n) is 13.1. The van der Waals surface area contributed by atoms with E-state index in [0.29, 0.717) is 34.7 Å². The number of carbonyl (C=O) groups excluding carboxylic acids is 2. The minimum absolute atomic E-state index is 0.0700. The molecule has 2 spiro atoms. The van der Waals surface area contributed by atoms with E-state index in [4.69, 9.17) is 23.2 Å². The standard InChI is InChI=1S/C44H47Cl2FN4O3/c1-42(2)21-23-43(24-22-42)44(32-19-18-29(45)26-33(32)50-41(44)54)34(31-20-25-48-39(46)35(31)47)37(40(53)49-30-16-10-5-11-17-30)51(43)36(27-12-6-3-7-13-27)38(52)28-14-8-4-9-15-28/h3-4,6-9,12-15,18-20,25-26,30,34,36-38,52H,5,10-11,16-17,21-24H2,1-2H3,(H,49,53)(H,50,54)/t34-,36+,37+,38-,44+/m0/s1. The van der Waals surface area contributed by atoms with E-state index in [1.807, 2.05) is 66.7 Å². The van der Waals surface area contributed by atoms with Crippen molar-refractivity contribution in [3.63, 3.8) is 0 Å². The maximum atomic E-state index is 17.0. The molecule has 2 aliphatic carbocycles. The Morgan fingerprint density at radius 2 is 1.57 bits per heavy atom. The normalized spacial score (nSPS) is 26.0. The van der Waals surface area contributed by atoms with Crippen LogP contribution in [-0.2, 0) is 15.0 Å². The van der Waals surface area contributed by atoms with Gasteiger partial charge in [-0.25, -0.2) is 9.37 Å². The topological polar surface area (TPSA) is 94.6 Å². The fourth-order valence-electron chi connectivity index (χ4n) is 10.5. The minimum atomic E-state index is -1.51. The molecule has 0 bridgehead atoms. The predicted octanol–water partition coefficient (Wildman–Crippen LogP) is 9.45. The number of rotatable bonds is 7. The molecule has 5 atom stereocenters. The van der Waals surface area contributed by atoms with Crippen molar-refractivity contribution in [1.29, 1.82) is 0 Å². The average Bonchev–Trinajstić information content (AvgIpc) is 3.60. The van der Waals surface area contributed by atoms with Crippen molar-refractivity contribution in [3.8, 4) is 0 Å². The number of aliphatic hydroxyl groups is 1. The molecule has 2 saturated carbocycles. The van der Waals surface area contributed by atoms with Crippen molar-refractivity contribution in [1.82, 2.24) is 15.2 Å². The molecule has 3 heterocycles. The summed E-state index contributed by atoms with van der Waals surface area (Å²) in [5.41, 5.74) is 0.124. The highest BCUT2D eigenvalue weighted by Crippen LogP contribution is 2.69. The largest absolute Gasteiger partial charge is 0.386 e. The van der Waals surface area contributed by atoms with E-state index in [2.05, 4.69) is 34.4 Å². The van der Waals surface area contributed by atoms with Crippen LogP contribution in [0.5, 0.6) is 0 Å². The van der Waals surface area contributed by atoms with Crippen LogP contribution < -0.4 is 10.6 Å². The Hall–Kier alpha value is -3.82. The fraction of sp³-hybridized carbons (Fsp3) is 0.432. The fourth-order valence-corrected chi connectivity index (χ4v) is 10.9. The van der Waals surface area contributed by atoms with E-state index in [-0.39, 0.29) is 34.0 Å². The van der Waals surface area contributed by atoms with Gasteiger partial charge in [-0.2, -0.15) is 0 Å². The number of likely N-dealkylation sites (tertiary alicyclic amines) is 1. The molecule has 3 fully saturated rings. The summed E-state index contributed by atoms with van der Waals surface area (Å²) in [6.07, 6.45) is 7.56. The third kappa shape index (κ3) is 5.96. The summed E-state index contributed by atoms with van der Waals surface area (Å²) in [4.78, 5) is 37.4. The number of hydrogen-bond acceptors (Lipinski definition) is 5. The van der Waals surface area contributed by atoms with Gasteiger partial charge in [-0.05, 0) is 84.4 Å². The summed E-state index contributed by atoms with van der Waals surface area (Å²) in [5, 5.41) is 19.5. The number of pyridine rings is 1. The Bertz CT molecular complexity index is 2030. The van der Waals surface area contributed by atoms with Gasteiger partial charge in [0.2, 0.25) is 11.8 Å². The molecule has 54 heavy (non-hydrogen) atoms. The highest BCUT2D eigenvalue weighted by atomic mass is 35.5. The maximum absolute atomic E-state index is 17.0. The van der Waals surface area contributed by atoms with Gasteiger partial charge in [0.15, 0.2) is 11.0 Å². The molecule has 282 valence electrons. The van der Waals surface area contributed by atoms with E-state index < -0.39 is 40.9 Å². The van der Waals surface area contributed by atoms with Crippen LogP contribution in [-0.4, -0.2) is 44.4 Å². The number of halogens is 3. The summed E-state index contributed by atoms with van der Waals surface area (Å²) in [5.74, 6) is -2.45. The first-order chi connectivity index (χ1) is 26.0. The number of aromatic nitrogens is 1. The first-order valence-electron chi connectivity index (χ1n) is 19.3. The number of anilines is 1. The zero-order valence-electron chi connectivity index (χ0n) is 30.7. The Balaban J connectivity index is 1.48. The van der Waals surface area contributed by atoms with Gasteiger partial charge in [0.05, 0.1) is 18.2 Å². The van der Waals surface area contributed by atoms with Gasteiger partial charge in [-0.3, -0.25) is 14.5 Å². The summed E-state index contributed by atoms with van der Waals surface area (Å²) in [6, 6.07) is 24.1. The molecule has 3 N–H and O–H groups in total. The molecule has 7 nitrogen and oxygen atoms in total. The van der Waals surface area contributed by atoms with Crippen LogP contribution in [0.25, 0.3) is 0 Å². The molecular weight excluding hydrogens is 722 g/mol. The second kappa shape index (κ2) is 14.4. The first-order valence-corrected chi connectivity index (χ1v) is 20.0. The summed E-state index contributed by atoms with van der Waals surface area (Å²) in [6.45, 7) is 4.46. The maximum Gasteiger partial charge on any atom is 0.238 e. The number of aliphatic hydroxyl groups excluding tert-OH is 1. The monoisotopic (exact) mass is 768 g/mol. The Morgan fingerprint density at radius 1 is 0.926 bits per heavy atom. The van der Waals surface area contributed by atoms with Crippen LogP contribution in [0, 0.1) is 11.2 Å². The number of fused-ring (bicyclic) bond motifs is 3. The van der Waals surface area contributed by atoms with Crippen molar-refractivity contribution in [2.75, 3.05) is 5.32 Å². The molecule has 0 radical (unpaired) electrons. The molecule has 2 aliphatic heterocycles. The van der Waals surface area contributed by atoms with Gasteiger partial charge in [-0.1, -0.05) is 123 Å². The second-order valence-electron chi connectivity index (χ2n) is 16.5. The van der Waals surface area contributed by atoms with Gasteiger partial charge in [-0.15, -0.1) is 0 Å². The van der Waals surface area contributed by atoms with Crippen LogP contribution >= 0.6 is 23.2 Å². The zero-order valence-corrected chi connectivity index (χ0v) is 32.2. The van der Waals surface area contributed by atoms with Gasteiger partial charge in [0.25, 0.3) is 0 Å². The van der Waals surface area contributed by atoms with E-state index in [0.717, 1.165) is 50.5 Å². The van der Waals surface area contributed by atoms with Crippen molar-refractivity contribution >= 4 is 40.7 Å². The van der Waals surface area contributed by atoms with Gasteiger partial charge >= 0.3 is 0 Å². The quantitative estimate of drug-likeness (QED) is 0.163. The number of nitrogens with zero attached hydrogens (tertiary/aromatic N) is 2. The van der Waals surface area contributed by atoms with Crippen LogP contribution in [0.2, 0.25) is 10.2 Å². The molecule has 1 aromatic heterocycles. The van der Waals surface area contributed by atoms with Gasteiger partial charge in [0, 0.05) is 34.4 Å². The van der Waals surface area contributed by atoms with E-state index in [9.17, 15) is 5.11 Å². The van der Waals surface area contributed by atoms with E-state index >= 15 is 14.0 Å². The van der Waals surface area contributed by atoms with Crippen molar-refractivity contribution in [3.05, 3.63) is 129 Å².